The van der Waals surface area contributed by atoms with Gasteiger partial charge in [0, 0.05) is 23.9 Å². The molecule has 1 unspecified atom stereocenters. The smallest absolute Gasteiger partial charge is 0.335 e. The Morgan fingerprint density at radius 3 is 2.22 bits per heavy atom. The first-order valence-electron chi connectivity index (χ1n) is 9.98. The zero-order valence-electron chi connectivity index (χ0n) is 16.8. The van der Waals surface area contributed by atoms with Crippen LogP contribution in [0.4, 0.5) is 0 Å². The third kappa shape index (κ3) is 5.93. The van der Waals surface area contributed by atoms with Gasteiger partial charge >= 0.3 is 5.97 Å². The number of allylic oxidation sites excluding steroid dienone is 11. The summed E-state index contributed by atoms with van der Waals surface area (Å²) in [6, 6.07) is 0. The van der Waals surface area contributed by atoms with Crippen LogP contribution in [-0.2, 0) is 14.3 Å². The van der Waals surface area contributed by atoms with Crippen molar-refractivity contribution in [3.8, 4) is 0 Å². The number of hydrogen-bond donors (Lipinski definition) is 0. The van der Waals surface area contributed by atoms with Gasteiger partial charge in [0.25, 0.3) is 0 Å². The van der Waals surface area contributed by atoms with E-state index in [0.717, 1.165) is 12.8 Å². The topological polar surface area (TPSA) is 35.5 Å². The highest BCUT2D eigenvalue weighted by molar-refractivity contribution is 5.74. The third-order valence-electron chi connectivity index (χ3n) is 4.72. The maximum absolute atomic E-state index is 12.0. The van der Waals surface area contributed by atoms with E-state index in [9.17, 15) is 4.79 Å². The van der Waals surface area contributed by atoms with E-state index in [1.54, 1.807) is 0 Å². The summed E-state index contributed by atoms with van der Waals surface area (Å²) < 4.78 is 10.7. The van der Waals surface area contributed by atoms with Crippen molar-refractivity contribution >= 4 is 5.97 Å². The van der Waals surface area contributed by atoms with Crippen LogP contribution in [0.1, 0.15) is 40.0 Å². The van der Waals surface area contributed by atoms with E-state index >= 15 is 0 Å². The summed E-state index contributed by atoms with van der Waals surface area (Å²) in [5, 5.41) is 0. The molecule has 0 aromatic carbocycles. The Labute approximate surface area is 163 Å². The van der Waals surface area contributed by atoms with Gasteiger partial charge in [-0.25, -0.2) is 4.79 Å². The van der Waals surface area contributed by atoms with Crippen molar-refractivity contribution in [2.24, 2.45) is 10.8 Å². The molecular weight excluding hydrogens is 336 g/mol. The van der Waals surface area contributed by atoms with Gasteiger partial charge in [0.15, 0.2) is 6.10 Å². The van der Waals surface area contributed by atoms with E-state index < -0.39 is 6.10 Å². The molecule has 3 nitrogen and oxygen atoms in total. The molecule has 0 saturated carbocycles. The van der Waals surface area contributed by atoms with Crippen LogP contribution in [0.15, 0.2) is 72.9 Å². The van der Waals surface area contributed by atoms with Crippen LogP contribution in [0.25, 0.3) is 0 Å². The Kier molecular flexibility index (Phi) is 8.05. The largest absolute Gasteiger partial charge is 0.464 e. The first-order chi connectivity index (χ1) is 13.1. The Bertz CT molecular complexity index is 633. The molecule has 27 heavy (non-hydrogen) atoms. The highest BCUT2D eigenvalue weighted by atomic mass is 16.6. The van der Waals surface area contributed by atoms with Crippen molar-refractivity contribution in [2.75, 3.05) is 13.2 Å². The molecule has 146 valence electrons. The standard InChI is InChI=1S/C24H32O3/c1-4-7-13-23(16-11-12-21(26-5-2)22(25)27-6-3)17-19-24(20-18-23)14-9-8-10-15-24/h7,9-11,13-21H,4-6,8,12H2,1-3H3/b13-7-,16-11-. The van der Waals surface area contributed by atoms with Crippen molar-refractivity contribution in [1.29, 1.82) is 0 Å². The van der Waals surface area contributed by atoms with E-state index in [0.29, 0.717) is 19.6 Å². The van der Waals surface area contributed by atoms with Crippen molar-refractivity contribution in [2.45, 2.75) is 46.1 Å². The van der Waals surface area contributed by atoms with Gasteiger partial charge in [0.2, 0.25) is 0 Å². The Hall–Kier alpha value is -2.13. The van der Waals surface area contributed by atoms with Gasteiger partial charge in [0.1, 0.15) is 0 Å². The first-order valence-corrected chi connectivity index (χ1v) is 9.98. The fourth-order valence-corrected chi connectivity index (χ4v) is 3.25. The number of carbonyl (C=O) groups excluding carboxylic acids is 1. The summed E-state index contributed by atoms with van der Waals surface area (Å²) in [5.74, 6) is -0.298. The van der Waals surface area contributed by atoms with Crippen LogP contribution in [0, 0.1) is 10.8 Å². The molecule has 0 saturated heterocycles. The molecule has 2 aliphatic rings. The van der Waals surface area contributed by atoms with E-state index in [1.807, 2.05) is 19.9 Å². The molecule has 0 aliphatic heterocycles. The molecule has 1 spiro atoms. The van der Waals surface area contributed by atoms with Crippen molar-refractivity contribution in [3.05, 3.63) is 72.9 Å². The van der Waals surface area contributed by atoms with Crippen molar-refractivity contribution in [3.63, 3.8) is 0 Å². The van der Waals surface area contributed by atoms with Crippen molar-refractivity contribution < 1.29 is 14.3 Å². The van der Waals surface area contributed by atoms with Gasteiger partial charge < -0.3 is 9.47 Å². The molecule has 0 heterocycles. The lowest BCUT2D eigenvalue weighted by Crippen LogP contribution is -2.26. The number of rotatable bonds is 9. The lowest BCUT2D eigenvalue weighted by atomic mass is 9.73. The second kappa shape index (κ2) is 10.3. The van der Waals surface area contributed by atoms with Gasteiger partial charge in [-0.15, -0.1) is 0 Å². The molecule has 0 fully saturated rings. The second-order valence-corrected chi connectivity index (χ2v) is 6.85. The van der Waals surface area contributed by atoms with Gasteiger partial charge in [-0.05, 0) is 26.7 Å². The van der Waals surface area contributed by atoms with Crippen LogP contribution in [0.3, 0.4) is 0 Å². The SMILES string of the molecule is CC/C=C\C1(/C=C\CC(OCC)C(=O)OCC)C=CC2(C=CCC=C2)C=C1. The fourth-order valence-electron chi connectivity index (χ4n) is 3.25. The highest BCUT2D eigenvalue weighted by Crippen LogP contribution is 2.39. The molecule has 0 amide bonds. The van der Waals surface area contributed by atoms with Crippen LogP contribution >= 0.6 is 0 Å². The minimum Gasteiger partial charge on any atom is -0.464 e. The zero-order chi connectivity index (χ0) is 19.6. The molecule has 0 bridgehead atoms. The number of hydrogen-bond acceptors (Lipinski definition) is 3. The lowest BCUT2D eigenvalue weighted by molar-refractivity contribution is -0.156. The second-order valence-electron chi connectivity index (χ2n) is 6.85. The third-order valence-corrected chi connectivity index (χ3v) is 4.72. The lowest BCUT2D eigenvalue weighted by Gasteiger charge is -2.31. The zero-order valence-corrected chi connectivity index (χ0v) is 16.8. The molecule has 2 rings (SSSR count). The van der Waals surface area contributed by atoms with Gasteiger partial charge in [-0.1, -0.05) is 79.8 Å². The maximum atomic E-state index is 12.0. The number of ether oxygens (including phenoxy) is 2. The molecule has 3 heteroatoms. The summed E-state index contributed by atoms with van der Waals surface area (Å²) in [4.78, 5) is 12.0. The van der Waals surface area contributed by atoms with Gasteiger partial charge in [-0.2, -0.15) is 0 Å². The molecule has 0 aromatic rings. The van der Waals surface area contributed by atoms with E-state index in [4.69, 9.17) is 9.47 Å². The predicted molar refractivity (Wildman–Crippen MR) is 111 cm³/mol. The van der Waals surface area contributed by atoms with E-state index in [1.165, 1.54) is 0 Å². The number of esters is 1. The quantitative estimate of drug-likeness (QED) is 0.399. The molecular formula is C24H32O3. The molecule has 0 aromatic heterocycles. The summed E-state index contributed by atoms with van der Waals surface area (Å²) in [7, 11) is 0. The van der Waals surface area contributed by atoms with Crippen LogP contribution in [0.2, 0.25) is 0 Å². The van der Waals surface area contributed by atoms with Crippen LogP contribution in [0.5, 0.6) is 0 Å². The Balaban J connectivity index is 2.15. The summed E-state index contributed by atoms with van der Waals surface area (Å²) in [6.07, 6.45) is 28.3. The van der Waals surface area contributed by atoms with Crippen LogP contribution in [-0.4, -0.2) is 25.3 Å². The minimum atomic E-state index is -0.550. The molecule has 0 N–H and O–H groups in total. The first kappa shape index (κ1) is 21.2. The van der Waals surface area contributed by atoms with Crippen molar-refractivity contribution in [1.82, 2.24) is 0 Å². The summed E-state index contributed by atoms with van der Waals surface area (Å²) in [6.45, 7) is 6.68. The van der Waals surface area contributed by atoms with Gasteiger partial charge in [-0.3, -0.25) is 0 Å². The number of carbonyl (C=O) groups is 1. The molecule has 2 aliphatic carbocycles. The fraction of sp³-hybridized carbons (Fsp3) is 0.458. The molecule has 1 atom stereocenters. The Morgan fingerprint density at radius 2 is 1.63 bits per heavy atom. The minimum absolute atomic E-state index is 0.103. The monoisotopic (exact) mass is 368 g/mol. The summed E-state index contributed by atoms with van der Waals surface area (Å²) in [5.41, 5.74) is -0.375. The van der Waals surface area contributed by atoms with E-state index in [-0.39, 0.29) is 16.8 Å². The molecule has 0 radical (unpaired) electrons. The van der Waals surface area contributed by atoms with Crippen LogP contribution < -0.4 is 0 Å². The maximum Gasteiger partial charge on any atom is 0.335 e. The predicted octanol–water partition coefficient (Wildman–Crippen LogP) is 5.48. The average Bonchev–Trinajstić information content (AvgIpc) is 2.69. The normalized spacial score (nSPS) is 20.7. The average molecular weight is 369 g/mol. The summed E-state index contributed by atoms with van der Waals surface area (Å²) >= 11 is 0. The highest BCUT2D eigenvalue weighted by Gasteiger charge is 2.28. The van der Waals surface area contributed by atoms with Gasteiger partial charge in [0.05, 0.1) is 6.61 Å². The Morgan fingerprint density at radius 1 is 0.963 bits per heavy atom. The van der Waals surface area contributed by atoms with E-state index in [2.05, 4.69) is 73.8 Å².